The first kappa shape index (κ1) is 11.2. The van der Waals surface area contributed by atoms with Gasteiger partial charge in [-0.25, -0.2) is 0 Å². The van der Waals surface area contributed by atoms with E-state index in [-0.39, 0.29) is 0 Å². The minimum Gasteiger partial charge on any atom is -0.459 e. The molecule has 2 aromatic rings. The van der Waals surface area contributed by atoms with Crippen LogP contribution < -0.4 is 5.32 Å². The molecule has 0 radical (unpaired) electrons. The van der Waals surface area contributed by atoms with E-state index in [1.165, 1.54) is 0 Å². The number of hydrogen-bond donors (Lipinski definition) is 1. The molecule has 2 atom stereocenters. The Hall–Kier alpha value is -1.66. The lowest BCUT2D eigenvalue weighted by atomic mass is 10.0. The molecule has 19 heavy (non-hydrogen) atoms. The third-order valence-corrected chi connectivity index (χ3v) is 4.02. The molecule has 0 saturated carbocycles. The highest BCUT2D eigenvalue weighted by Crippen LogP contribution is 2.27. The molecule has 2 unspecified atom stereocenters. The number of furan rings is 1. The monoisotopic (exact) mass is 260 g/mol. The molecule has 4 heterocycles. The summed E-state index contributed by atoms with van der Waals surface area (Å²) in [5.74, 6) is 3.32. The summed E-state index contributed by atoms with van der Waals surface area (Å²) in [6.07, 6.45) is 1.61. The van der Waals surface area contributed by atoms with Gasteiger partial charge in [-0.05, 0) is 37.1 Å². The van der Waals surface area contributed by atoms with Gasteiger partial charge in [0.1, 0.15) is 0 Å². The van der Waals surface area contributed by atoms with Gasteiger partial charge in [-0.2, -0.15) is 0 Å². The molecule has 0 aromatic carbocycles. The Bertz CT molecular complexity index is 539. The second-order valence-corrected chi connectivity index (χ2v) is 5.35. The highest BCUT2D eigenvalue weighted by atomic mass is 16.4. The fourth-order valence-electron chi connectivity index (χ4n) is 3.09. The van der Waals surface area contributed by atoms with E-state index in [2.05, 4.69) is 20.4 Å². The summed E-state index contributed by atoms with van der Waals surface area (Å²) < 4.78 is 10.9. The first-order valence-corrected chi connectivity index (χ1v) is 6.68. The number of likely N-dealkylation sites (tertiary alicyclic amines) is 1. The van der Waals surface area contributed by atoms with Crippen molar-refractivity contribution in [3.05, 3.63) is 24.3 Å². The Morgan fingerprint density at radius 2 is 2.11 bits per heavy atom. The molecule has 2 aromatic heterocycles. The molecular formula is C13H16N4O2. The number of nitrogens with zero attached hydrogens (tertiary/aromatic N) is 3. The Balaban J connectivity index is 1.44. The first-order valence-electron chi connectivity index (χ1n) is 6.68. The highest BCUT2D eigenvalue weighted by molar-refractivity contribution is 5.42. The Morgan fingerprint density at radius 1 is 1.26 bits per heavy atom. The lowest BCUT2D eigenvalue weighted by Crippen LogP contribution is -2.25. The van der Waals surface area contributed by atoms with Crippen molar-refractivity contribution in [2.75, 3.05) is 26.2 Å². The van der Waals surface area contributed by atoms with Gasteiger partial charge in [-0.15, -0.1) is 10.2 Å². The predicted octanol–water partition coefficient (Wildman–Crippen LogP) is 0.981. The summed E-state index contributed by atoms with van der Waals surface area (Å²) in [5, 5.41) is 11.6. The maximum absolute atomic E-state index is 5.64. The van der Waals surface area contributed by atoms with Gasteiger partial charge in [0.05, 0.1) is 12.8 Å². The molecule has 0 amide bonds. The van der Waals surface area contributed by atoms with E-state index in [1.54, 1.807) is 6.26 Å². The van der Waals surface area contributed by atoms with E-state index in [1.807, 2.05) is 12.1 Å². The van der Waals surface area contributed by atoms with Crippen LogP contribution in [0.3, 0.4) is 0 Å². The van der Waals surface area contributed by atoms with Gasteiger partial charge < -0.3 is 14.2 Å². The number of hydrogen-bond acceptors (Lipinski definition) is 6. The summed E-state index contributed by atoms with van der Waals surface area (Å²) in [6.45, 7) is 5.26. The van der Waals surface area contributed by atoms with Gasteiger partial charge in [0.2, 0.25) is 5.89 Å². The van der Waals surface area contributed by atoms with Crippen molar-refractivity contribution >= 4 is 0 Å². The van der Waals surface area contributed by atoms with Crippen LogP contribution in [0.4, 0.5) is 0 Å². The third-order valence-electron chi connectivity index (χ3n) is 4.02. The first-order chi connectivity index (χ1) is 9.38. The molecule has 0 spiro atoms. The fourth-order valence-corrected chi connectivity index (χ4v) is 3.09. The maximum atomic E-state index is 5.64. The van der Waals surface area contributed by atoms with Gasteiger partial charge in [-0.3, -0.25) is 4.90 Å². The molecule has 4 rings (SSSR count). The topological polar surface area (TPSA) is 67.3 Å². The van der Waals surface area contributed by atoms with Crippen LogP contribution in [0, 0.1) is 11.8 Å². The second-order valence-electron chi connectivity index (χ2n) is 5.35. The fraction of sp³-hybridized carbons (Fsp3) is 0.538. The van der Waals surface area contributed by atoms with E-state index in [0.29, 0.717) is 17.5 Å². The van der Waals surface area contributed by atoms with E-state index < -0.39 is 0 Å². The van der Waals surface area contributed by atoms with Crippen LogP contribution in [0.5, 0.6) is 0 Å². The number of fused-ring (bicyclic) bond motifs is 1. The number of rotatable bonds is 3. The van der Waals surface area contributed by atoms with Crippen LogP contribution in [0.25, 0.3) is 11.7 Å². The molecule has 0 bridgehead atoms. The second kappa shape index (κ2) is 4.47. The zero-order valence-electron chi connectivity index (χ0n) is 10.6. The summed E-state index contributed by atoms with van der Waals surface area (Å²) >= 11 is 0. The normalized spacial score (nSPS) is 26.9. The van der Waals surface area contributed by atoms with Gasteiger partial charge >= 0.3 is 0 Å². The van der Waals surface area contributed by atoms with Gasteiger partial charge in [-0.1, -0.05) is 0 Å². The average molecular weight is 260 g/mol. The van der Waals surface area contributed by atoms with E-state index >= 15 is 0 Å². The number of nitrogens with one attached hydrogen (secondary N) is 1. The van der Waals surface area contributed by atoms with Crippen molar-refractivity contribution in [1.29, 1.82) is 0 Å². The summed E-state index contributed by atoms with van der Waals surface area (Å²) in [7, 11) is 0. The van der Waals surface area contributed by atoms with E-state index in [9.17, 15) is 0 Å². The van der Waals surface area contributed by atoms with Crippen molar-refractivity contribution in [3.8, 4) is 11.7 Å². The Morgan fingerprint density at radius 3 is 2.84 bits per heavy atom. The largest absolute Gasteiger partial charge is 0.459 e. The van der Waals surface area contributed by atoms with Crippen LogP contribution in [0.1, 0.15) is 5.89 Å². The molecule has 6 nitrogen and oxygen atoms in total. The third kappa shape index (κ3) is 2.06. The molecule has 2 saturated heterocycles. The molecule has 2 aliphatic rings. The van der Waals surface area contributed by atoms with Crippen molar-refractivity contribution in [2.45, 2.75) is 6.54 Å². The average Bonchev–Trinajstić information content (AvgIpc) is 3.12. The molecule has 0 aliphatic carbocycles. The van der Waals surface area contributed by atoms with Crippen molar-refractivity contribution in [2.24, 2.45) is 11.8 Å². The van der Waals surface area contributed by atoms with Crippen LogP contribution in [0.2, 0.25) is 0 Å². The molecule has 1 N–H and O–H groups in total. The summed E-state index contributed by atoms with van der Waals surface area (Å²) in [6, 6.07) is 3.64. The molecule has 2 fully saturated rings. The molecular weight excluding hydrogens is 244 g/mol. The molecule has 100 valence electrons. The van der Waals surface area contributed by atoms with Crippen LogP contribution in [-0.2, 0) is 6.54 Å². The molecule has 2 aliphatic heterocycles. The highest BCUT2D eigenvalue weighted by Gasteiger charge is 2.36. The van der Waals surface area contributed by atoms with Crippen LogP contribution in [0.15, 0.2) is 27.2 Å². The van der Waals surface area contributed by atoms with Crippen molar-refractivity contribution < 1.29 is 8.83 Å². The van der Waals surface area contributed by atoms with Crippen LogP contribution >= 0.6 is 0 Å². The standard InChI is InChI=1S/C13H16N4O2/c1-2-11(18-3-1)13-16-15-12(19-13)8-17-6-9-4-14-5-10(9)7-17/h1-3,9-10,14H,4-8H2. The number of aromatic nitrogens is 2. The SMILES string of the molecule is c1coc(-c2nnc(CN3CC4CNCC4C3)o2)c1. The summed E-state index contributed by atoms with van der Waals surface area (Å²) in [5.41, 5.74) is 0. The van der Waals surface area contributed by atoms with Gasteiger partial charge in [0, 0.05) is 13.1 Å². The Kier molecular flexibility index (Phi) is 2.63. The zero-order valence-corrected chi connectivity index (χ0v) is 10.6. The van der Waals surface area contributed by atoms with Crippen molar-refractivity contribution in [1.82, 2.24) is 20.4 Å². The lowest BCUT2D eigenvalue weighted by Gasteiger charge is -2.13. The summed E-state index contributed by atoms with van der Waals surface area (Å²) in [4.78, 5) is 2.40. The smallest absolute Gasteiger partial charge is 0.283 e. The minimum absolute atomic E-state index is 0.459. The molecule has 6 heteroatoms. The zero-order chi connectivity index (χ0) is 12.7. The predicted molar refractivity (Wildman–Crippen MR) is 67.1 cm³/mol. The van der Waals surface area contributed by atoms with Crippen LogP contribution in [-0.4, -0.2) is 41.3 Å². The maximum Gasteiger partial charge on any atom is 0.283 e. The van der Waals surface area contributed by atoms with E-state index in [4.69, 9.17) is 8.83 Å². The van der Waals surface area contributed by atoms with Gasteiger partial charge in [0.15, 0.2) is 5.76 Å². The quantitative estimate of drug-likeness (QED) is 0.887. The van der Waals surface area contributed by atoms with Gasteiger partial charge in [0.25, 0.3) is 5.89 Å². The lowest BCUT2D eigenvalue weighted by molar-refractivity contribution is 0.272. The van der Waals surface area contributed by atoms with Crippen molar-refractivity contribution in [3.63, 3.8) is 0 Å². The Labute approximate surface area is 110 Å². The minimum atomic E-state index is 0.459. The van der Waals surface area contributed by atoms with E-state index in [0.717, 1.165) is 44.6 Å².